The Morgan fingerprint density at radius 1 is 1.28 bits per heavy atom. The average molecular weight is 347 g/mol. The maximum absolute atomic E-state index is 12.5. The van der Waals surface area contributed by atoms with Crippen molar-refractivity contribution in [2.45, 2.75) is 51.7 Å². The Labute approximate surface area is 147 Å². The summed E-state index contributed by atoms with van der Waals surface area (Å²) in [6, 6.07) is 5.98. The van der Waals surface area contributed by atoms with E-state index in [9.17, 15) is 14.4 Å². The predicted molar refractivity (Wildman–Crippen MR) is 93.2 cm³/mol. The zero-order valence-corrected chi connectivity index (χ0v) is 15.3. The molecule has 0 radical (unpaired) electrons. The molecule has 1 aliphatic heterocycles. The minimum absolute atomic E-state index is 0.181. The monoisotopic (exact) mass is 347 g/mol. The number of nitrogens with zero attached hydrogens (tertiary/aromatic N) is 1. The van der Waals surface area contributed by atoms with Crippen molar-refractivity contribution in [1.82, 2.24) is 15.5 Å². The Hall–Kier alpha value is -2.57. The van der Waals surface area contributed by atoms with Crippen molar-refractivity contribution in [3.05, 3.63) is 29.8 Å². The van der Waals surface area contributed by atoms with Crippen molar-refractivity contribution in [2.24, 2.45) is 0 Å². The van der Waals surface area contributed by atoms with Crippen molar-refractivity contribution in [3.63, 3.8) is 0 Å². The molecule has 0 saturated carbocycles. The van der Waals surface area contributed by atoms with Crippen LogP contribution in [0.15, 0.2) is 24.3 Å². The normalized spacial score (nSPS) is 18.5. The number of carbonyl (C=O) groups is 3. The van der Waals surface area contributed by atoms with E-state index < -0.39 is 23.5 Å². The van der Waals surface area contributed by atoms with Crippen LogP contribution in [0.5, 0.6) is 5.75 Å². The number of hydrogen-bond donors (Lipinski definition) is 2. The molecule has 1 aromatic rings. The number of imide groups is 1. The van der Waals surface area contributed by atoms with Gasteiger partial charge in [0.15, 0.2) is 0 Å². The summed E-state index contributed by atoms with van der Waals surface area (Å²) in [5.74, 6) is -0.0198. The first-order valence-corrected chi connectivity index (χ1v) is 8.25. The van der Waals surface area contributed by atoms with Crippen LogP contribution in [-0.2, 0) is 16.0 Å². The summed E-state index contributed by atoms with van der Waals surface area (Å²) in [5, 5.41) is 5.43. The minimum atomic E-state index is -0.991. The summed E-state index contributed by atoms with van der Waals surface area (Å²) in [4.78, 5) is 37.7. The summed E-state index contributed by atoms with van der Waals surface area (Å²) in [7, 11) is 1.60. The molecule has 0 spiro atoms. The van der Waals surface area contributed by atoms with Gasteiger partial charge in [0.25, 0.3) is 5.91 Å². The van der Waals surface area contributed by atoms with E-state index in [-0.39, 0.29) is 11.9 Å². The predicted octanol–water partition coefficient (Wildman–Crippen LogP) is 1.46. The maximum atomic E-state index is 12.5. The molecule has 0 aromatic heterocycles. The molecular weight excluding hydrogens is 322 g/mol. The van der Waals surface area contributed by atoms with Gasteiger partial charge in [0, 0.05) is 6.04 Å². The number of urea groups is 1. The van der Waals surface area contributed by atoms with Gasteiger partial charge in [-0.15, -0.1) is 0 Å². The molecule has 1 aliphatic rings. The highest BCUT2D eigenvalue weighted by molar-refractivity contribution is 6.09. The number of ether oxygens (including phenoxy) is 1. The lowest BCUT2D eigenvalue weighted by Gasteiger charge is -2.24. The third kappa shape index (κ3) is 3.92. The molecule has 0 unspecified atom stereocenters. The molecule has 136 valence electrons. The van der Waals surface area contributed by atoms with Crippen LogP contribution < -0.4 is 15.4 Å². The second-order valence-corrected chi connectivity index (χ2v) is 6.83. The van der Waals surface area contributed by atoms with E-state index >= 15 is 0 Å². The first-order valence-electron chi connectivity index (χ1n) is 8.25. The highest BCUT2D eigenvalue weighted by Gasteiger charge is 2.47. The van der Waals surface area contributed by atoms with Gasteiger partial charge in [-0.3, -0.25) is 9.59 Å². The fourth-order valence-electron chi connectivity index (χ4n) is 2.86. The lowest BCUT2D eigenvalue weighted by molar-refractivity contribution is -0.137. The summed E-state index contributed by atoms with van der Waals surface area (Å²) < 4.78 is 5.31. The van der Waals surface area contributed by atoms with Crippen LogP contribution in [0, 0.1) is 0 Å². The summed E-state index contributed by atoms with van der Waals surface area (Å²) in [6.07, 6.45) is 0.577. The SMILES string of the molecule is COc1ccccc1C[C@@H](C)NC(=O)[C@@H](C)N1C(=O)NC(C)(C)C1=O. The van der Waals surface area contributed by atoms with E-state index in [2.05, 4.69) is 10.6 Å². The summed E-state index contributed by atoms with van der Waals surface area (Å²) >= 11 is 0. The van der Waals surface area contributed by atoms with Gasteiger partial charge in [0.2, 0.25) is 5.91 Å². The molecule has 1 saturated heterocycles. The maximum Gasteiger partial charge on any atom is 0.325 e. The molecule has 1 fully saturated rings. The molecule has 0 bridgehead atoms. The van der Waals surface area contributed by atoms with Crippen LogP contribution >= 0.6 is 0 Å². The molecule has 0 aliphatic carbocycles. The van der Waals surface area contributed by atoms with Crippen molar-refractivity contribution < 1.29 is 19.1 Å². The second-order valence-electron chi connectivity index (χ2n) is 6.83. The average Bonchev–Trinajstić information content (AvgIpc) is 2.74. The lowest BCUT2D eigenvalue weighted by atomic mass is 10.0. The standard InChI is InChI=1S/C18H25N3O4/c1-11(10-13-8-6-7-9-14(13)25-5)19-15(22)12(2)21-16(23)18(3,4)20-17(21)24/h6-9,11-12H,10H2,1-5H3,(H,19,22)(H,20,24)/t11-,12-/m1/s1. The molecule has 1 aromatic carbocycles. The van der Waals surface area contributed by atoms with Gasteiger partial charge in [0.1, 0.15) is 17.3 Å². The van der Waals surface area contributed by atoms with Crippen LogP contribution in [0.3, 0.4) is 0 Å². The van der Waals surface area contributed by atoms with Crippen LogP contribution in [0.25, 0.3) is 0 Å². The smallest absolute Gasteiger partial charge is 0.325 e. The van der Waals surface area contributed by atoms with E-state index in [1.807, 2.05) is 31.2 Å². The fourth-order valence-corrected chi connectivity index (χ4v) is 2.86. The van der Waals surface area contributed by atoms with E-state index in [0.717, 1.165) is 16.2 Å². The number of amides is 4. The number of benzene rings is 1. The van der Waals surface area contributed by atoms with Gasteiger partial charge >= 0.3 is 6.03 Å². The zero-order chi connectivity index (χ0) is 18.8. The van der Waals surface area contributed by atoms with Crippen molar-refractivity contribution in [3.8, 4) is 5.75 Å². The van der Waals surface area contributed by atoms with Gasteiger partial charge in [0.05, 0.1) is 7.11 Å². The molecule has 4 amide bonds. The number of para-hydroxylation sites is 1. The number of carbonyl (C=O) groups excluding carboxylic acids is 3. The molecule has 2 atom stereocenters. The van der Waals surface area contributed by atoms with Gasteiger partial charge in [-0.05, 0) is 45.7 Å². The van der Waals surface area contributed by atoms with Crippen molar-refractivity contribution in [1.29, 1.82) is 0 Å². The van der Waals surface area contributed by atoms with Crippen LogP contribution in [0.1, 0.15) is 33.3 Å². The topological polar surface area (TPSA) is 87.7 Å². The van der Waals surface area contributed by atoms with Crippen LogP contribution in [0.4, 0.5) is 4.79 Å². The van der Waals surface area contributed by atoms with Crippen molar-refractivity contribution in [2.75, 3.05) is 7.11 Å². The first kappa shape index (κ1) is 18.8. The number of nitrogens with one attached hydrogen (secondary N) is 2. The Morgan fingerprint density at radius 2 is 1.92 bits per heavy atom. The van der Waals surface area contributed by atoms with Crippen LogP contribution in [0.2, 0.25) is 0 Å². The third-order valence-electron chi connectivity index (χ3n) is 4.27. The zero-order valence-electron chi connectivity index (χ0n) is 15.3. The van der Waals surface area contributed by atoms with Gasteiger partial charge in [-0.1, -0.05) is 18.2 Å². The summed E-state index contributed by atoms with van der Waals surface area (Å²) in [5.41, 5.74) is -0.0177. The molecule has 2 N–H and O–H groups in total. The first-order chi connectivity index (χ1) is 11.7. The molecule has 1 heterocycles. The lowest BCUT2D eigenvalue weighted by Crippen LogP contribution is -2.51. The second kappa shape index (κ2) is 7.13. The van der Waals surface area contributed by atoms with Crippen LogP contribution in [-0.4, -0.2) is 47.5 Å². The highest BCUT2D eigenvalue weighted by atomic mass is 16.5. The Balaban J connectivity index is 2.01. The fraction of sp³-hybridized carbons (Fsp3) is 0.500. The van der Waals surface area contributed by atoms with E-state index in [4.69, 9.17) is 4.74 Å². The van der Waals surface area contributed by atoms with Crippen molar-refractivity contribution >= 4 is 17.8 Å². The number of rotatable bonds is 6. The molecule has 2 rings (SSSR count). The third-order valence-corrected chi connectivity index (χ3v) is 4.27. The Kier molecular flexibility index (Phi) is 5.35. The highest BCUT2D eigenvalue weighted by Crippen LogP contribution is 2.20. The molecule has 7 heteroatoms. The number of hydrogen-bond acceptors (Lipinski definition) is 4. The Morgan fingerprint density at radius 3 is 2.48 bits per heavy atom. The van der Waals surface area contributed by atoms with Gasteiger partial charge in [-0.2, -0.15) is 0 Å². The summed E-state index contributed by atoms with van der Waals surface area (Å²) in [6.45, 7) is 6.64. The Bertz CT molecular complexity index is 687. The quantitative estimate of drug-likeness (QED) is 0.763. The molecule has 25 heavy (non-hydrogen) atoms. The minimum Gasteiger partial charge on any atom is -0.496 e. The largest absolute Gasteiger partial charge is 0.496 e. The van der Waals surface area contributed by atoms with E-state index in [1.165, 1.54) is 0 Å². The molecule has 7 nitrogen and oxygen atoms in total. The van der Waals surface area contributed by atoms with E-state index in [0.29, 0.717) is 6.42 Å². The number of methoxy groups -OCH3 is 1. The van der Waals surface area contributed by atoms with E-state index in [1.54, 1.807) is 27.9 Å². The van der Waals surface area contributed by atoms with Gasteiger partial charge < -0.3 is 15.4 Å². The molecular formula is C18H25N3O4. The van der Waals surface area contributed by atoms with Gasteiger partial charge in [-0.25, -0.2) is 9.69 Å².